The van der Waals surface area contributed by atoms with Crippen molar-refractivity contribution in [3.8, 4) is 0 Å². The summed E-state index contributed by atoms with van der Waals surface area (Å²) in [6.45, 7) is 5.15. The van der Waals surface area contributed by atoms with Crippen LogP contribution in [0.4, 0.5) is 0 Å². The van der Waals surface area contributed by atoms with Crippen LogP contribution in [0.15, 0.2) is 25.0 Å². The normalized spacial score (nSPS) is 9.44. The molecule has 0 N–H and O–H groups in total. The SMILES string of the molecule is C=C/C=C/OC(=O)CC. The highest BCUT2D eigenvalue weighted by atomic mass is 16.5. The van der Waals surface area contributed by atoms with E-state index in [2.05, 4.69) is 11.3 Å². The van der Waals surface area contributed by atoms with E-state index in [-0.39, 0.29) is 5.97 Å². The van der Waals surface area contributed by atoms with Gasteiger partial charge in [-0.1, -0.05) is 19.6 Å². The maximum atomic E-state index is 10.4. The van der Waals surface area contributed by atoms with Crippen molar-refractivity contribution in [2.45, 2.75) is 13.3 Å². The minimum atomic E-state index is -0.229. The molecule has 2 nitrogen and oxygen atoms in total. The standard InChI is InChI=1S/C7H10O2/c1-3-5-6-9-7(8)4-2/h3,5-6H,1,4H2,2H3/b6-5+. The number of carbonyl (C=O) groups excluding carboxylic acids is 1. The van der Waals surface area contributed by atoms with Crippen molar-refractivity contribution in [2.24, 2.45) is 0 Å². The molecule has 0 radical (unpaired) electrons. The van der Waals surface area contributed by atoms with Gasteiger partial charge in [0.1, 0.15) is 0 Å². The molecule has 0 aliphatic carbocycles. The number of hydrogen-bond acceptors (Lipinski definition) is 2. The maximum Gasteiger partial charge on any atom is 0.310 e. The van der Waals surface area contributed by atoms with Gasteiger partial charge < -0.3 is 4.74 Å². The van der Waals surface area contributed by atoms with E-state index in [9.17, 15) is 4.79 Å². The van der Waals surface area contributed by atoms with E-state index in [0.717, 1.165) is 0 Å². The van der Waals surface area contributed by atoms with Gasteiger partial charge in [-0.15, -0.1) is 0 Å². The fourth-order valence-electron chi connectivity index (χ4n) is 0.254. The fraction of sp³-hybridized carbons (Fsp3) is 0.286. The summed E-state index contributed by atoms with van der Waals surface area (Å²) in [4.78, 5) is 10.4. The first kappa shape index (κ1) is 7.95. The lowest BCUT2D eigenvalue weighted by atomic mass is 10.5. The summed E-state index contributed by atoms with van der Waals surface area (Å²) in [5, 5.41) is 0. The Morgan fingerprint density at radius 2 is 2.44 bits per heavy atom. The summed E-state index contributed by atoms with van der Waals surface area (Å²) in [7, 11) is 0. The molecule has 2 heteroatoms. The zero-order valence-electron chi connectivity index (χ0n) is 5.46. The third-order valence-corrected chi connectivity index (χ3v) is 0.703. The molecule has 50 valence electrons. The molecule has 0 spiro atoms. The van der Waals surface area contributed by atoms with Gasteiger partial charge in [0.2, 0.25) is 0 Å². The number of rotatable bonds is 3. The molecule has 0 aromatic carbocycles. The van der Waals surface area contributed by atoms with Crippen LogP contribution in [-0.4, -0.2) is 5.97 Å². The molecular weight excluding hydrogens is 116 g/mol. The third kappa shape index (κ3) is 4.81. The van der Waals surface area contributed by atoms with Gasteiger partial charge in [0.05, 0.1) is 6.26 Å². The van der Waals surface area contributed by atoms with Gasteiger partial charge in [0, 0.05) is 6.42 Å². The lowest BCUT2D eigenvalue weighted by molar-refractivity contribution is -0.137. The monoisotopic (exact) mass is 126 g/mol. The zero-order chi connectivity index (χ0) is 7.11. The summed E-state index contributed by atoms with van der Waals surface area (Å²) >= 11 is 0. The molecule has 0 aromatic rings. The molecule has 0 saturated heterocycles. The maximum absolute atomic E-state index is 10.4. The predicted octanol–water partition coefficient (Wildman–Crippen LogP) is 1.64. The van der Waals surface area contributed by atoms with Gasteiger partial charge in [0.25, 0.3) is 0 Å². The first-order valence-electron chi connectivity index (χ1n) is 2.78. The van der Waals surface area contributed by atoms with Gasteiger partial charge in [-0.05, 0) is 6.08 Å². The molecule has 0 bridgehead atoms. The number of ether oxygens (including phenoxy) is 1. The van der Waals surface area contributed by atoms with Crippen molar-refractivity contribution in [3.63, 3.8) is 0 Å². The average Bonchev–Trinajstić information content (AvgIpc) is 1.89. The second kappa shape index (κ2) is 5.09. The van der Waals surface area contributed by atoms with Gasteiger partial charge in [0.15, 0.2) is 0 Å². The van der Waals surface area contributed by atoms with E-state index in [1.807, 2.05) is 0 Å². The van der Waals surface area contributed by atoms with Crippen molar-refractivity contribution in [3.05, 3.63) is 25.0 Å². The summed E-state index contributed by atoms with van der Waals surface area (Å²) in [6.07, 6.45) is 4.83. The molecule has 0 heterocycles. The van der Waals surface area contributed by atoms with Crippen LogP contribution in [0.2, 0.25) is 0 Å². The van der Waals surface area contributed by atoms with Crippen LogP contribution in [0.5, 0.6) is 0 Å². The van der Waals surface area contributed by atoms with Crippen molar-refractivity contribution in [1.29, 1.82) is 0 Å². The largest absolute Gasteiger partial charge is 0.434 e. The molecule has 0 fully saturated rings. The Morgan fingerprint density at radius 1 is 1.78 bits per heavy atom. The topological polar surface area (TPSA) is 26.3 Å². The Labute approximate surface area is 54.8 Å². The number of esters is 1. The Balaban J connectivity index is 3.37. The first-order chi connectivity index (χ1) is 4.31. The predicted molar refractivity (Wildman–Crippen MR) is 35.7 cm³/mol. The highest BCUT2D eigenvalue weighted by Gasteiger charge is 1.90. The quantitative estimate of drug-likeness (QED) is 0.326. The second-order valence-corrected chi connectivity index (χ2v) is 1.41. The molecule has 0 aromatic heterocycles. The third-order valence-electron chi connectivity index (χ3n) is 0.703. The zero-order valence-corrected chi connectivity index (χ0v) is 5.46. The van der Waals surface area contributed by atoms with Gasteiger partial charge in [-0.25, -0.2) is 0 Å². The van der Waals surface area contributed by atoms with Crippen LogP contribution in [0.25, 0.3) is 0 Å². The summed E-state index contributed by atoms with van der Waals surface area (Å²) < 4.78 is 4.54. The van der Waals surface area contributed by atoms with Crippen LogP contribution in [-0.2, 0) is 9.53 Å². The van der Waals surface area contributed by atoms with Crippen molar-refractivity contribution in [2.75, 3.05) is 0 Å². The number of carbonyl (C=O) groups is 1. The number of allylic oxidation sites excluding steroid dienone is 2. The molecule has 0 rings (SSSR count). The Hall–Kier alpha value is -1.05. The number of hydrogen-bond donors (Lipinski definition) is 0. The Bertz CT molecular complexity index is 125. The van der Waals surface area contributed by atoms with Crippen molar-refractivity contribution >= 4 is 5.97 Å². The van der Waals surface area contributed by atoms with Crippen LogP contribution in [0.3, 0.4) is 0 Å². The summed E-state index contributed by atoms with van der Waals surface area (Å²) in [6, 6.07) is 0. The highest BCUT2D eigenvalue weighted by Crippen LogP contribution is 1.84. The molecule has 9 heavy (non-hydrogen) atoms. The summed E-state index contributed by atoms with van der Waals surface area (Å²) in [5.74, 6) is -0.229. The second-order valence-electron chi connectivity index (χ2n) is 1.41. The van der Waals surface area contributed by atoms with Gasteiger partial charge in [-0.3, -0.25) is 4.79 Å². The smallest absolute Gasteiger partial charge is 0.310 e. The average molecular weight is 126 g/mol. The van der Waals surface area contributed by atoms with Crippen LogP contribution in [0.1, 0.15) is 13.3 Å². The van der Waals surface area contributed by atoms with Crippen molar-refractivity contribution < 1.29 is 9.53 Å². The molecule has 0 unspecified atom stereocenters. The van der Waals surface area contributed by atoms with Gasteiger partial charge in [-0.2, -0.15) is 0 Å². The highest BCUT2D eigenvalue weighted by molar-refractivity contribution is 5.69. The molecule has 0 aliphatic rings. The van der Waals surface area contributed by atoms with E-state index < -0.39 is 0 Å². The van der Waals surface area contributed by atoms with Gasteiger partial charge >= 0.3 is 5.97 Å². The molecule has 0 atom stereocenters. The lowest BCUT2D eigenvalue weighted by Crippen LogP contribution is -1.94. The Morgan fingerprint density at radius 3 is 2.89 bits per heavy atom. The minimum Gasteiger partial charge on any atom is -0.434 e. The van der Waals surface area contributed by atoms with Crippen LogP contribution in [0, 0.1) is 0 Å². The molecular formula is C7H10O2. The fourth-order valence-corrected chi connectivity index (χ4v) is 0.254. The van der Waals surface area contributed by atoms with Crippen molar-refractivity contribution in [1.82, 2.24) is 0 Å². The van der Waals surface area contributed by atoms with E-state index in [1.54, 1.807) is 19.1 Å². The first-order valence-corrected chi connectivity index (χ1v) is 2.78. The lowest BCUT2D eigenvalue weighted by Gasteiger charge is -1.90. The van der Waals surface area contributed by atoms with E-state index in [0.29, 0.717) is 6.42 Å². The van der Waals surface area contributed by atoms with E-state index in [4.69, 9.17) is 0 Å². The molecule has 0 aliphatic heterocycles. The minimum absolute atomic E-state index is 0.229. The van der Waals surface area contributed by atoms with E-state index in [1.165, 1.54) is 6.26 Å². The van der Waals surface area contributed by atoms with Crippen LogP contribution >= 0.6 is 0 Å². The van der Waals surface area contributed by atoms with Crippen LogP contribution < -0.4 is 0 Å². The molecule has 0 amide bonds. The summed E-state index contributed by atoms with van der Waals surface area (Å²) in [5.41, 5.74) is 0. The molecule has 0 saturated carbocycles. The Kier molecular flexibility index (Phi) is 4.50. The van der Waals surface area contributed by atoms with E-state index >= 15 is 0 Å².